The quantitative estimate of drug-likeness (QED) is 0.233. The van der Waals surface area contributed by atoms with Crippen molar-refractivity contribution in [3.05, 3.63) is 0 Å². The summed E-state index contributed by atoms with van der Waals surface area (Å²) in [6.07, 6.45) is -10.9. The summed E-state index contributed by atoms with van der Waals surface area (Å²) in [4.78, 5) is 0. The number of halogens is 6. The minimum atomic E-state index is -5.89. The van der Waals surface area contributed by atoms with Gasteiger partial charge in [-0.15, -0.1) is 13.2 Å². The van der Waals surface area contributed by atoms with Gasteiger partial charge in [-0.2, -0.15) is 13.2 Å². The summed E-state index contributed by atoms with van der Waals surface area (Å²) < 4.78 is 67.6. The van der Waals surface area contributed by atoms with Gasteiger partial charge in [-0.25, -0.2) is 0 Å². The van der Waals surface area contributed by atoms with E-state index in [9.17, 15) is 31.6 Å². The van der Waals surface area contributed by atoms with Crippen LogP contribution in [-0.4, -0.2) is 18.1 Å². The molecule has 0 saturated carbocycles. The molecule has 1 fully saturated rings. The molecular weight excluding hydrogens is 182 g/mol. The highest BCUT2D eigenvalue weighted by molar-refractivity contribution is 5.01. The maximum absolute atomic E-state index is 11.9. The van der Waals surface area contributed by atoms with Crippen LogP contribution in [0.1, 0.15) is 0 Å². The Bertz CT molecular complexity index is 175. The molecule has 1 atom stereocenters. The SMILES string of the molecule is [O-][O+]1C(F)(F)C1(F)C(F)(F)F. The average molecular weight is 182 g/mol. The zero-order valence-corrected chi connectivity index (χ0v) is 4.58. The van der Waals surface area contributed by atoms with Crippen LogP contribution in [0.3, 0.4) is 0 Å². The summed E-state index contributed by atoms with van der Waals surface area (Å²) >= 11 is 0. The minimum absolute atomic E-state index is 1.12. The molecule has 1 heterocycles. The largest absolute Gasteiger partial charge is 0.604 e. The molecule has 2 nitrogen and oxygen atoms in total. The molecule has 0 radical (unpaired) electrons. The van der Waals surface area contributed by atoms with Crippen LogP contribution < -0.4 is 5.26 Å². The molecule has 0 aromatic rings. The second kappa shape index (κ2) is 1.63. The molecule has 0 aromatic heterocycles. The Hall–Kier alpha value is -0.500. The number of rotatable bonds is 0. The fourth-order valence-corrected chi connectivity index (χ4v) is 0.506. The van der Waals surface area contributed by atoms with Gasteiger partial charge < -0.3 is 9.78 Å². The molecule has 1 aliphatic heterocycles. The van der Waals surface area contributed by atoms with E-state index in [1.807, 2.05) is 0 Å². The van der Waals surface area contributed by atoms with E-state index in [4.69, 9.17) is 0 Å². The third-order valence-electron chi connectivity index (χ3n) is 1.19. The Balaban J connectivity index is 2.92. The van der Waals surface area contributed by atoms with Crippen LogP contribution in [0.2, 0.25) is 0 Å². The standard InChI is InChI=1S/C3F6O2/c4-1(2(5,6)7)3(8,9)11(1)10. The monoisotopic (exact) mass is 182 g/mol. The first kappa shape index (κ1) is 8.60. The smallest absolute Gasteiger partial charge is 0.526 e. The lowest BCUT2D eigenvalue weighted by molar-refractivity contribution is -0.778. The number of hydrogen-bond donors (Lipinski definition) is 0. The first-order valence-electron chi connectivity index (χ1n) is 2.21. The Morgan fingerprint density at radius 3 is 1.36 bits per heavy atom. The molecule has 0 amide bonds. The predicted molar refractivity (Wildman–Crippen MR) is 15.9 cm³/mol. The lowest BCUT2D eigenvalue weighted by Gasteiger charge is -2.02. The van der Waals surface area contributed by atoms with E-state index in [0.717, 1.165) is 0 Å². The van der Waals surface area contributed by atoms with Crippen molar-refractivity contribution in [1.29, 1.82) is 0 Å². The molecule has 0 N–H and O–H groups in total. The topological polar surface area (TPSA) is 25.8 Å². The van der Waals surface area contributed by atoms with Gasteiger partial charge in [0.25, 0.3) is 0 Å². The predicted octanol–water partition coefficient (Wildman–Crippen LogP) is 0.649. The molecule has 1 saturated heterocycles. The van der Waals surface area contributed by atoms with Crippen LogP contribution in [0.15, 0.2) is 0 Å². The molecule has 0 bridgehead atoms. The number of alkyl halides is 6. The molecule has 1 unspecified atom stereocenters. The van der Waals surface area contributed by atoms with Crippen molar-refractivity contribution < 1.29 is 36.1 Å². The first-order valence-corrected chi connectivity index (χ1v) is 2.21. The Kier molecular flexibility index (Phi) is 1.28. The van der Waals surface area contributed by atoms with Gasteiger partial charge in [-0.1, -0.05) is 0 Å². The lowest BCUT2D eigenvalue weighted by atomic mass is 10.4. The summed E-state index contributed by atoms with van der Waals surface area (Å²) in [6, 6.07) is 0. The molecule has 0 aliphatic carbocycles. The summed E-state index contributed by atoms with van der Waals surface area (Å²) in [5.41, 5.74) is 0. The van der Waals surface area contributed by atoms with Crippen LogP contribution in [0, 0.1) is 0 Å². The van der Waals surface area contributed by atoms with Crippen molar-refractivity contribution in [2.24, 2.45) is 0 Å². The van der Waals surface area contributed by atoms with E-state index in [-0.39, 0.29) is 0 Å². The van der Waals surface area contributed by atoms with Crippen LogP contribution in [0.4, 0.5) is 26.3 Å². The number of hydrogen-bond acceptors (Lipinski definition) is 1. The molecular formula is C3F6O2. The van der Waals surface area contributed by atoms with Crippen LogP contribution in [-0.2, 0) is 4.52 Å². The van der Waals surface area contributed by atoms with Crippen molar-refractivity contribution in [3.63, 3.8) is 0 Å². The molecule has 1 aliphatic rings. The second-order valence-corrected chi connectivity index (χ2v) is 1.88. The summed E-state index contributed by atoms with van der Waals surface area (Å²) in [5, 5.41) is 9.50. The van der Waals surface area contributed by atoms with Gasteiger partial charge in [0.1, 0.15) is 0 Å². The molecule has 66 valence electrons. The van der Waals surface area contributed by atoms with E-state index < -0.39 is 22.7 Å². The van der Waals surface area contributed by atoms with E-state index in [1.54, 1.807) is 0 Å². The van der Waals surface area contributed by atoms with Gasteiger partial charge in [0.15, 0.2) is 0 Å². The summed E-state index contributed by atoms with van der Waals surface area (Å²) in [7, 11) is 0. The maximum atomic E-state index is 11.9. The second-order valence-electron chi connectivity index (χ2n) is 1.88. The van der Waals surface area contributed by atoms with Crippen molar-refractivity contribution in [2.45, 2.75) is 18.1 Å². The highest BCUT2D eigenvalue weighted by Crippen LogP contribution is 2.64. The van der Waals surface area contributed by atoms with Gasteiger partial charge in [0.05, 0.1) is 0 Å². The fourth-order valence-electron chi connectivity index (χ4n) is 0.506. The third-order valence-corrected chi connectivity index (χ3v) is 1.19. The third kappa shape index (κ3) is 0.707. The van der Waals surface area contributed by atoms with Gasteiger partial charge >= 0.3 is 18.1 Å². The average Bonchev–Trinajstić information content (AvgIpc) is 2.14. The van der Waals surface area contributed by atoms with Gasteiger partial charge in [-0.05, 0) is 0 Å². The summed E-state index contributed by atoms with van der Waals surface area (Å²) in [5.74, 6) is -5.10. The molecule has 8 heteroatoms. The Morgan fingerprint density at radius 1 is 1.09 bits per heavy atom. The van der Waals surface area contributed by atoms with Gasteiger partial charge in [-0.3, -0.25) is 0 Å². The minimum Gasteiger partial charge on any atom is -0.526 e. The number of epoxide rings is 1. The molecule has 0 aromatic carbocycles. The van der Waals surface area contributed by atoms with Crippen molar-refractivity contribution >= 4 is 0 Å². The molecule has 1 rings (SSSR count). The lowest BCUT2D eigenvalue weighted by Crippen LogP contribution is -2.34. The van der Waals surface area contributed by atoms with E-state index in [2.05, 4.69) is 0 Å². The Morgan fingerprint density at radius 2 is 1.36 bits per heavy atom. The summed E-state index contributed by atoms with van der Waals surface area (Å²) in [6.45, 7) is 0. The fraction of sp³-hybridized carbons (Fsp3) is 1.00. The zero-order valence-electron chi connectivity index (χ0n) is 4.58. The molecule has 11 heavy (non-hydrogen) atoms. The van der Waals surface area contributed by atoms with Gasteiger partial charge in [0.2, 0.25) is 0 Å². The maximum Gasteiger partial charge on any atom is 0.604 e. The van der Waals surface area contributed by atoms with E-state index in [0.29, 0.717) is 0 Å². The highest BCUT2D eigenvalue weighted by Gasteiger charge is 3.04. The van der Waals surface area contributed by atoms with Crippen LogP contribution in [0.5, 0.6) is 0 Å². The van der Waals surface area contributed by atoms with E-state index >= 15 is 0 Å². The first-order chi connectivity index (χ1) is 4.65. The zero-order chi connectivity index (χ0) is 9.08. The highest BCUT2D eigenvalue weighted by atomic mass is 19.4. The van der Waals surface area contributed by atoms with Crippen molar-refractivity contribution in [1.82, 2.24) is 0 Å². The molecule has 0 spiro atoms. The Labute approximate surface area is 55.6 Å². The van der Waals surface area contributed by atoms with E-state index in [1.165, 1.54) is 0 Å². The van der Waals surface area contributed by atoms with Crippen molar-refractivity contribution in [3.8, 4) is 0 Å². The van der Waals surface area contributed by atoms with Crippen LogP contribution in [0.25, 0.3) is 0 Å². The van der Waals surface area contributed by atoms with Gasteiger partial charge in [0, 0.05) is 0 Å². The van der Waals surface area contributed by atoms with Crippen LogP contribution >= 0.6 is 0 Å². The normalized spacial score (nSPS) is 37.4. The van der Waals surface area contributed by atoms with Crippen molar-refractivity contribution in [2.75, 3.05) is 0 Å².